The Morgan fingerprint density at radius 2 is 0.944 bits per heavy atom. The number of carbonyl (C=O) groups excluding carboxylic acids is 7. The summed E-state index contributed by atoms with van der Waals surface area (Å²) in [5, 5.41) is 9.47. The van der Waals surface area contributed by atoms with Crippen molar-refractivity contribution in [3.05, 3.63) is 50.6 Å². The van der Waals surface area contributed by atoms with Gasteiger partial charge >= 0.3 is 41.8 Å². The predicted molar refractivity (Wildman–Crippen MR) is 186 cm³/mol. The fourth-order valence-corrected chi connectivity index (χ4v) is 4.50. The molecule has 0 bridgehead atoms. The summed E-state index contributed by atoms with van der Waals surface area (Å²) >= 11 is 0. The van der Waals surface area contributed by atoms with Gasteiger partial charge in [0.1, 0.15) is 0 Å². The summed E-state index contributed by atoms with van der Waals surface area (Å²) in [7, 11) is 0. The van der Waals surface area contributed by atoms with E-state index in [9.17, 15) is 38.7 Å². The van der Waals surface area contributed by atoms with Gasteiger partial charge in [0.2, 0.25) is 12.4 Å². The van der Waals surface area contributed by atoms with Crippen molar-refractivity contribution in [2.24, 2.45) is 0 Å². The minimum absolute atomic E-state index is 0.0228. The van der Waals surface area contributed by atoms with Crippen LogP contribution < -0.4 is 0 Å². The Labute approximate surface area is 314 Å². The molecule has 1 aliphatic rings. The van der Waals surface area contributed by atoms with Crippen LogP contribution in [-0.4, -0.2) is 111 Å². The van der Waals surface area contributed by atoms with E-state index in [1.807, 2.05) is 0 Å². The van der Waals surface area contributed by atoms with Crippen LogP contribution in [0.25, 0.3) is 0 Å². The van der Waals surface area contributed by atoms with Crippen LogP contribution in [0.2, 0.25) is 0 Å². The van der Waals surface area contributed by atoms with E-state index >= 15 is 0 Å². The van der Waals surface area contributed by atoms with Crippen LogP contribution in [0.4, 0.5) is 0 Å². The average molecular weight is 769 g/mol. The monoisotopic (exact) mass is 768 g/mol. The molecule has 0 saturated carbocycles. The Balaban J connectivity index is 3.11. The number of unbranched alkanes of at least 4 members (excludes halogenated alkanes) is 4. The number of aliphatic hydroxyl groups is 1. The minimum atomic E-state index is -1.57. The van der Waals surface area contributed by atoms with Gasteiger partial charge in [-0.1, -0.05) is 26.3 Å². The standard InChI is InChI=1S/C37H52O17/c1-5-27(38)46-21-13-9-17-31(42)51-26-25-50-37(54-34(45)20-12-16-24-49-30(41)8-4)36(53-33(44)19-11-15-23-48-29(40)7-3)35(26)52-32(43)18-10-14-22-47-28(39)6-2/h5-8,26,29,35-37,40H,1-4,9-25H2. The first kappa shape index (κ1) is 47.2. The molecule has 302 valence electrons. The molecule has 1 N–H and O–H groups in total. The number of carbonyl (C=O) groups is 7. The van der Waals surface area contributed by atoms with E-state index < -0.39 is 79.3 Å². The smallest absolute Gasteiger partial charge is 0.330 e. The first-order valence-corrected chi connectivity index (χ1v) is 17.6. The molecule has 1 aliphatic heterocycles. The van der Waals surface area contributed by atoms with Crippen LogP contribution in [-0.2, 0) is 76.2 Å². The zero-order valence-electron chi connectivity index (χ0n) is 30.5. The molecule has 17 nitrogen and oxygen atoms in total. The third-order valence-electron chi connectivity index (χ3n) is 7.27. The topological polar surface area (TPSA) is 223 Å². The van der Waals surface area contributed by atoms with E-state index in [0.29, 0.717) is 25.7 Å². The molecule has 5 atom stereocenters. The Bertz CT molecular complexity index is 1260. The van der Waals surface area contributed by atoms with Gasteiger partial charge in [-0.3, -0.25) is 19.2 Å². The fourth-order valence-electron chi connectivity index (χ4n) is 4.50. The molecule has 0 radical (unpaired) electrons. The largest absolute Gasteiger partial charge is 0.463 e. The predicted octanol–water partition coefficient (Wildman–Crippen LogP) is 3.01. The molecular formula is C37H52O17. The van der Waals surface area contributed by atoms with Gasteiger partial charge in [0.25, 0.3) is 0 Å². The van der Waals surface area contributed by atoms with Gasteiger partial charge in [-0.2, -0.15) is 0 Å². The summed E-state index contributed by atoms with van der Waals surface area (Å²) in [6.45, 7) is 13.1. The molecule has 54 heavy (non-hydrogen) atoms. The molecule has 1 fully saturated rings. The number of ether oxygens (including phenoxy) is 9. The van der Waals surface area contributed by atoms with Gasteiger partial charge in [-0.05, 0) is 57.4 Å². The van der Waals surface area contributed by atoms with Crippen molar-refractivity contribution in [2.75, 3.05) is 33.0 Å². The van der Waals surface area contributed by atoms with Gasteiger partial charge in [0, 0.05) is 43.9 Å². The molecule has 0 spiro atoms. The second-order valence-electron chi connectivity index (χ2n) is 11.6. The van der Waals surface area contributed by atoms with Gasteiger partial charge in [-0.15, -0.1) is 0 Å². The van der Waals surface area contributed by atoms with E-state index in [-0.39, 0.29) is 77.8 Å². The summed E-state index contributed by atoms with van der Waals surface area (Å²) in [5.41, 5.74) is 0. The number of esters is 7. The van der Waals surface area contributed by atoms with Crippen LogP contribution in [0.3, 0.4) is 0 Å². The van der Waals surface area contributed by atoms with Crippen LogP contribution in [0.5, 0.6) is 0 Å². The second-order valence-corrected chi connectivity index (χ2v) is 11.6. The lowest BCUT2D eigenvalue weighted by molar-refractivity contribution is -0.275. The molecule has 0 amide bonds. The lowest BCUT2D eigenvalue weighted by Gasteiger charge is -2.40. The molecule has 17 heteroatoms. The average Bonchev–Trinajstić information content (AvgIpc) is 3.15. The van der Waals surface area contributed by atoms with Gasteiger partial charge in [-0.25, -0.2) is 14.4 Å². The van der Waals surface area contributed by atoms with Crippen LogP contribution in [0, 0.1) is 0 Å². The zero-order valence-corrected chi connectivity index (χ0v) is 30.5. The lowest BCUT2D eigenvalue weighted by Crippen LogP contribution is -2.58. The maximum absolute atomic E-state index is 13.1. The highest BCUT2D eigenvalue weighted by molar-refractivity contribution is 5.81. The zero-order chi connectivity index (χ0) is 40.1. The summed E-state index contributed by atoms with van der Waals surface area (Å²) in [6.07, 6.45) is -1.06. The Morgan fingerprint density at radius 1 is 0.556 bits per heavy atom. The third kappa shape index (κ3) is 21.6. The number of hydrogen-bond acceptors (Lipinski definition) is 17. The van der Waals surface area contributed by atoms with E-state index in [2.05, 4.69) is 26.3 Å². The Morgan fingerprint density at radius 3 is 1.37 bits per heavy atom. The molecule has 0 aromatic carbocycles. The summed E-state index contributed by atoms with van der Waals surface area (Å²) in [5.74, 6) is -4.89. The summed E-state index contributed by atoms with van der Waals surface area (Å²) < 4.78 is 48.1. The normalized spacial score (nSPS) is 18.1. The number of rotatable bonds is 29. The highest BCUT2D eigenvalue weighted by Gasteiger charge is 2.49. The van der Waals surface area contributed by atoms with Crippen LogP contribution in [0.15, 0.2) is 50.6 Å². The Kier molecular flexibility index (Phi) is 25.0. The van der Waals surface area contributed by atoms with E-state index in [1.165, 1.54) is 6.08 Å². The minimum Gasteiger partial charge on any atom is -0.463 e. The molecular weight excluding hydrogens is 716 g/mol. The Hall–Kier alpha value is -4.87. The van der Waals surface area contributed by atoms with Crippen LogP contribution in [0.1, 0.15) is 77.0 Å². The maximum atomic E-state index is 13.1. The maximum Gasteiger partial charge on any atom is 0.330 e. The molecule has 1 rings (SSSR count). The molecule has 1 saturated heterocycles. The highest BCUT2D eigenvalue weighted by Crippen LogP contribution is 2.27. The van der Waals surface area contributed by atoms with Crippen molar-refractivity contribution >= 4 is 41.8 Å². The third-order valence-corrected chi connectivity index (χ3v) is 7.27. The molecule has 0 aromatic rings. The van der Waals surface area contributed by atoms with Crippen molar-refractivity contribution in [1.29, 1.82) is 0 Å². The number of hydrogen-bond donors (Lipinski definition) is 1. The molecule has 1 heterocycles. The van der Waals surface area contributed by atoms with Crippen molar-refractivity contribution < 1.29 is 81.3 Å². The van der Waals surface area contributed by atoms with E-state index in [0.717, 1.165) is 18.2 Å². The fraction of sp³-hybridized carbons (Fsp3) is 0.595. The number of aliphatic hydroxyl groups excluding tert-OH is 1. The van der Waals surface area contributed by atoms with Crippen LogP contribution >= 0.6 is 0 Å². The van der Waals surface area contributed by atoms with E-state index in [1.54, 1.807) is 0 Å². The second kappa shape index (κ2) is 28.6. The lowest BCUT2D eigenvalue weighted by atomic mass is 10.0. The highest BCUT2D eigenvalue weighted by atomic mass is 16.7. The van der Waals surface area contributed by atoms with Crippen molar-refractivity contribution in [2.45, 2.75) is 108 Å². The van der Waals surface area contributed by atoms with Gasteiger partial charge < -0.3 is 47.7 Å². The summed E-state index contributed by atoms with van der Waals surface area (Å²) in [6, 6.07) is 0. The summed E-state index contributed by atoms with van der Waals surface area (Å²) in [4.78, 5) is 85.6. The first-order valence-electron chi connectivity index (χ1n) is 17.6. The van der Waals surface area contributed by atoms with Crippen molar-refractivity contribution in [3.8, 4) is 0 Å². The molecule has 0 aromatic heterocycles. The van der Waals surface area contributed by atoms with E-state index in [4.69, 9.17) is 42.6 Å². The SMILES string of the molecule is C=CC(=O)OCCCCC(=O)OC1COC(OC(=O)CCCCOC(=O)C=C)C(OC(=O)CCCCOC(O)C=C)C1OC(=O)CCCCOC(=O)C=C. The molecule has 5 unspecified atom stereocenters. The van der Waals surface area contributed by atoms with Gasteiger partial charge in [0.05, 0.1) is 33.0 Å². The molecule has 0 aliphatic carbocycles. The van der Waals surface area contributed by atoms with Gasteiger partial charge in [0.15, 0.2) is 18.5 Å². The van der Waals surface area contributed by atoms with Crippen molar-refractivity contribution in [3.63, 3.8) is 0 Å². The first-order chi connectivity index (χ1) is 25.9. The van der Waals surface area contributed by atoms with Crippen molar-refractivity contribution in [1.82, 2.24) is 0 Å². The quantitative estimate of drug-likeness (QED) is 0.0288.